The van der Waals surface area contributed by atoms with Crippen molar-refractivity contribution in [2.24, 2.45) is 5.92 Å². The maximum atomic E-state index is 6.16. The van der Waals surface area contributed by atoms with Crippen molar-refractivity contribution < 1.29 is 0 Å². The minimum atomic E-state index is 0.347. The van der Waals surface area contributed by atoms with Crippen LogP contribution in [0.15, 0.2) is 6.07 Å². The Labute approximate surface area is 124 Å². The van der Waals surface area contributed by atoms with Crippen LogP contribution < -0.4 is 10.2 Å². The zero-order valence-corrected chi connectivity index (χ0v) is 12.9. The van der Waals surface area contributed by atoms with Crippen LogP contribution in [0.4, 0.5) is 5.69 Å². The number of halogens is 2. The molecule has 106 valence electrons. The third kappa shape index (κ3) is 3.94. The summed E-state index contributed by atoms with van der Waals surface area (Å²) in [4.78, 5) is 2.26. The minimum absolute atomic E-state index is 0.347. The van der Waals surface area contributed by atoms with Gasteiger partial charge in [0.25, 0.3) is 0 Å². The summed E-state index contributed by atoms with van der Waals surface area (Å²) in [6, 6.07) is 2.15. The first kappa shape index (κ1) is 14.8. The Bertz CT molecular complexity index is 419. The number of hydrogen-bond acceptors (Lipinski definition) is 4. The smallest absolute Gasteiger partial charge is 0.175 e. The highest BCUT2D eigenvalue weighted by Gasteiger charge is 2.21. The number of nitrogens with zero attached hydrogens (tertiary/aromatic N) is 3. The second-order valence-electron chi connectivity index (χ2n) is 5.30. The van der Waals surface area contributed by atoms with Crippen molar-refractivity contribution in [3.63, 3.8) is 0 Å². The van der Waals surface area contributed by atoms with E-state index in [0.29, 0.717) is 22.3 Å². The van der Waals surface area contributed by atoms with Crippen LogP contribution in [0.5, 0.6) is 0 Å². The molecule has 1 unspecified atom stereocenters. The predicted octanol–water partition coefficient (Wildman–Crippen LogP) is 3.00. The highest BCUT2D eigenvalue weighted by atomic mass is 35.5. The summed E-state index contributed by atoms with van der Waals surface area (Å²) in [5, 5.41) is 11.9. The molecule has 2 heterocycles. The van der Waals surface area contributed by atoms with E-state index in [1.807, 2.05) is 0 Å². The Morgan fingerprint density at radius 1 is 1.42 bits per heavy atom. The van der Waals surface area contributed by atoms with Crippen molar-refractivity contribution in [2.45, 2.75) is 32.7 Å². The molecule has 1 N–H and O–H groups in total. The molecule has 0 aromatic carbocycles. The standard InChI is InChI=1S/C13H20Cl2N4/c1-9(2)19(8-10-4-3-5-16-7-10)11-6-12(14)17-18-13(11)15/h6,9-10,16H,3-5,7-8H2,1-2H3. The van der Waals surface area contributed by atoms with Crippen LogP contribution in [-0.4, -0.2) is 35.9 Å². The van der Waals surface area contributed by atoms with Crippen molar-refractivity contribution in [1.29, 1.82) is 0 Å². The van der Waals surface area contributed by atoms with Crippen molar-refractivity contribution in [3.8, 4) is 0 Å². The average Bonchev–Trinajstić information content (AvgIpc) is 2.40. The van der Waals surface area contributed by atoms with Gasteiger partial charge in [0, 0.05) is 18.7 Å². The molecule has 6 heteroatoms. The van der Waals surface area contributed by atoms with E-state index < -0.39 is 0 Å². The molecule has 0 saturated carbocycles. The summed E-state index contributed by atoms with van der Waals surface area (Å²) in [6.07, 6.45) is 2.49. The molecule has 0 spiro atoms. The van der Waals surface area contributed by atoms with Gasteiger partial charge in [0.1, 0.15) is 0 Å². The SMILES string of the molecule is CC(C)N(CC1CCCNC1)c1cc(Cl)nnc1Cl. The molecule has 1 aliphatic rings. The molecule has 1 aromatic rings. The van der Waals surface area contributed by atoms with E-state index in [1.165, 1.54) is 12.8 Å². The van der Waals surface area contributed by atoms with E-state index in [2.05, 4.69) is 34.3 Å². The third-order valence-corrected chi connectivity index (χ3v) is 3.94. The highest BCUT2D eigenvalue weighted by Crippen LogP contribution is 2.28. The zero-order valence-electron chi connectivity index (χ0n) is 11.4. The Kier molecular flexibility index (Phi) is 5.25. The van der Waals surface area contributed by atoms with Gasteiger partial charge in [-0.05, 0) is 45.7 Å². The molecule has 1 saturated heterocycles. The first-order chi connectivity index (χ1) is 9.08. The van der Waals surface area contributed by atoms with E-state index in [-0.39, 0.29) is 0 Å². The van der Waals surface area contributed by atoms with Crippen LogP contribution in [0.3, 0.4) is 0 Å². The van der Waals surface area contributed by atoms with Crippen molar-refractivity contribution in [3.05, 3.63) is 16.4 Å². The van der Waals surface area contributed by atoms with E-state index in [9.17, 15) is 0 Å². The van der Waals surface area contributed by atoms with Gasteiger partial charge in [0.15, 0.2) is 10.3 Å². The Morgan fingerprint density at radius 2 is 2.21 bits per heavy atom. The van der Waals surface area contributed by atoms with E-state index >= 15 is 0 Å². The van der Waals surface area contributed by atoms with Gasteiger partial charge in [-0.25, -0.2) is 0 Å². The monoisotopic (exact) mass is 302 g/mol. The largest absolute Gasteiger partial charge is 0.366 e. The molecule has 1 aromatic heterocycles. The molecule has 1 fully saturated rings. The van der Waals surface area contributed by atoms with Gasteiger partial charge < -0.3 is 10.2 Å². The zero-order chi connectivity index (χ0) is 13.8. The lowest BCUT2D eigenvalue weighted by atomic mass is 9.98. The van der Waals surface area contributed by atoms with Crippen molar-refractivity contribution in [2.75, 3.05) is 24.5 Å². The van der Waals surface area contributed by atoms with Gasteiger partial charge in [-0.2, -0.15) is 0 Å². The molecule has 0 aliphatic carbocycles. The molecule has 1 atom stereocenters. The van der Waals surface area contributed by atoms with Crippen LogP contribution in [0.25, 0.3) is 0 Å². The maximum absolute atomic E-state index is 6.16. The summed E-state index contributed by atoms with van der Waals surface area (Å²) in [5.41, 5.74) is 0.877. The summed E-state index contributed by atoms with van der Waals surface area (Å²) in [7, 11) is 0. The van der Waals surface area contributed by atoms with Crippen LogP contribution >= 0.6 is 23.2 Å². The molecule has 0 bridgehead atoms. The molecule has 0 radical (unpaired) electrons. The molecule has 1 aliphatic heterocycles. The van der Waals surface area contributed by atoms with Crippen molar-refractivity contribution in [1.82, 2.24) is 15.5 Å². The summed E-state index contributed by atoms with van der Waals surface area (Å²) < 4.78 is 0. The lowest BCUT2D eigenvalue weighted by Gasteiger charge is -2.34. The first-order valence-electron chi connectivity index (χ1n) is 6.74. The molecule has 4 nitrogen and oxygen atoms in total. The minimum Gasteiger partial charge on any atom is -0.366 e. The maximum Gasteiger partial charge on any atom is 0.175 e. The fourth-order valence-electron chi connectivity index (χ4n) is 2.49. The number of aromatic nitrogens is 2. The molecular formula is C13H20Cl2N4. The average molecular weight is 303 g/mol. The topological polar surface area (TPSA) is 41.0 Å². The second kappa shape index (κ2) is 6.73. The van der Waals surface area contributed by atoms with E-state index in [0.717, 1.165) is 25.3 Å². The quantitative estimate of drug-likeness (QED) is 0.928. The highest BCUT2D eigenvalue weighted by molar-refractivity contribution is 6.33. The molecule has 0 amide bonds. The van der Waals surface area contributed by atoms with Crippen LogP contribution in [0, 0.1) is 5.92 Å². The summed E-state index contributed by atoms with van der Waals surface area (Å²) in [5.74, 6) is 0.638. The van der Waals surface area contributed by atoms with E-state index in [1.54, 1.807) is 6.07 Å². The normalized spacial score (nSPS) is 19.7. The van der Waals surface area contributed by atoms with Gasteiger partial charge >= 0.3 is 0 Å². The summed E-state index contributed by atoms with van der Waals surface area (Å²) in [6.45, 7) is 7.46. The number of rotatable bonds is 4. The Hall–Kier alpha value is -0.580. The van der Waals surface area contributed by atoms with Gasteiger partial charge in [0.2, 0.25) is 0 Å². The number of anilines is 1. The lowest BCUT2D eigenvalue weighted by molar-refractivity contribution is 0.371. The fraction of sp³-hybridized carbons (Fsp3) is 0.692. The molecule has 2 rings (SSSR count). The van der Waals surface area contributed by atoms with Crippen LogP contribution in [-0.2, 0) is 0 Å². The molecule has 19 heavy (non-hydrogen) atoms. The van der Waals surface area contributed by atoms with Crippen molar-refractivity contribution >= 4 is 28.9 Å². The Balaban J connectivity index is 2.16. The Morgan fingerprint density at radius 3 is 2.84 bits per heavy atom. The van der Waals surface area contributed by atoms with E-state index in [4.69, 9.17) is 23.2 Å². The fourth-order valence-corrected chi connectivity index (χ4v) is 2.83. The predicted molar refractivity (Wildman–Crippen MR) is 80.1 cm³/mol. The van der Waals surface area contributed by atoms with Gasteiger partial charge in [-0.3, -0.25) is 0 Å². The number of hydrogen-bond donors (Lipinski definition) is 1. The first-order valence-corrected chi connectivity index (χ1v) is 7.49. The number of nitrogens with one attached hydrogen (secondary N) is 1. The van der Waals surface area contributed by atoms with Crippen LogP contribution in [0.2, 0.25) is 10.3 Å². The van der Waals surface area contributed by atoms with Gasteiger partial charge in [0.05, 0.1) is 5.69 Å². The second-order valence-corrected chi connectivity index (χ2v) is 6.05. The lowest BCUT2D eigenvalue weighted by Crippen LogP contribution is -2.41. The molecular weight excluding hydrogens is 283 g/mol. The summed E-state index contributed by atoms with van der Waals surface area (Å²) >= 11 is 12.1. The van der Waals surface area contributed by atoms with Crippen LogP contribution in [0.1, 0.15) is 26.7 Å². The third-order valence-electron chi connectivity index (χ3n) is 3.49. The van der Waals surface area contributed by atoms with Gasteiger partial charge in [-0.15, -0.1) is 10.2 Å². The number of piperidine rings is 1. The van der Waals surface area contributed by atoms with Gasteiger partial charge in [-0.1, -0.05) is 23.2 Å².